The van der Waals surface area contributed by atoms with Crippen LogP contribution in [0.15, 0.2) is 12.1 Å². The molecule has 1 aromatic rings. The lowest BCUT2D eigenvalue weighted by atomic mass is 9.78. The van der Waals surface area contributed by atoms with Gasteiger partial charge in [0.15, 0.2) is 0 Å². The Morgan fingerprint density at radius 2 is 1.85 bits per heavy atom. The molecule has 1 aromatic carbocycles. The number of methoxy groups -OCH3 is 1. The van der Waals surface area contributed by atoms with Gasteiger partial charge in [-0.2, -0.15) is 0 Å². The van der Waals surface area contributed by atoms with E-state index >= 15 is 0 Å². The average molecular weight is 180 g/mol. The van der Waals surface area contributed by atoms with Crippen molar-refractivity contribution in [2.75, 3.05) is 7.11 Å². The molecule has 3 nitrogen and oxygen atoms in total. The first-order chi connectivity index (χ1) is 6.07. The van der Waals surface area contributed by atoms with Crippen LogP contribution in [0.3, 0.4) is 0 Å². The molecule has 0 fully saturated rings. The number of ether oxygens (including phenoxy) is 1. The Morgan fingerprint density at radius 1 is 1.23 bits per heavy atom. The van der Waals surface area contributed by atoms with Gasteiger partial charge >= 0.3 is 7.12 Å². The van der Waals surface area contributed by atoms with E-state index in [0.717, 1.165) is 11.1 Å². The topological polar surface area (TPSA) is 49.7 Å². The van der Waals surface area contributed by atoms with E-state index in [-0.39, 0.29) is 0 Å². The van der Waals surface area contributed by atoms with E-state index in [4.69, 9.17) is 14.8 Å². The van der Waals surface area contributed by atoms with Crippen molar-refractivity contribution >= 4 is 12.6 Å². The maximum Gasteiger partial charge on any atom is 0.492 e. The number of hydrogen-bond acceptors (Lipinski definition) is 3. The second kappa shape index (κ2) is 3.81. The van der Waals surface area contributed by atoms with Crippen LogP contribution in [-0.2, 0) is 0 Å². The van der Waals surface area contributed by atoms with Crippen LogP contribution in [0.5, 0.6) is 5.75 Å². The third-order valence-corrected chi connectivity index (χ3v) is 2.19. The maximum atomic E-state index is 9.03. The summed E-state index contributed by atoms with van der Waals surface area (Å²) in [4.78, 5) is 0. The maximum absolute atomic E-state index is 9.03. The van der Waals surface area contributed by atoms with Crippen molar-refractivity contribution in [1.29, 1.82) is 0 Å². The van der Waals surface area contributed by atoms with Gasteiger partial charge in [-0.3, -0.25) is 0 Å². The van der Waals surface area contributed by atoms with Crippen molar-refractivity contribution in [2.45, 2.75) is 13.8 Å². The van der Waals surface area contributed by atoms with Gasteiger partial charge in [0.1, 0.15) is 5.75 Å². The average Bonchev–Trinajstić information content (AvgIpc) is 2.09. The Bertz CT molecular complexity index is 310. The van der Waals surface area contributed by atoms with Crippen LogP contribution in [0.2, 0.25) is 0 Å². The molecule has 0 heterocycles. The van der Waals surface area contributed by atoms with Gasteiger partial charge in [0.25, 0.3) is 0 Å². The molecule has 0 aliphatic heterocycles. The minimum atomic E-state index is -1.48. The smallest absolute Gasteiger partial charge is 0.492 e. The molecule has 0 amide bonds. The van der Waals surface area contributed by atoms with Gasteiger partial charge in [-0.05, 0) is 25.0 Å². The molecule has 2 N–H and O–H groups in total. The summed E-state index contributed by atoms with van der Waals surface area (Å²) in [7, 11) is 0.0439. The summed E-state index contributed by atoms with van der Waals surface area (Å²) in [5, 5.41) is 18.1. The number of rotatable bonds is 2. The lowest BCUT2D eigenvalue weighted by Crippen LogP contribution is -2.31. The second-order valence-electron chi connectivity index (χ2n) is 3.00. The molecule has 70 valence electrons. The molecular formula is C9H13BO3. The van der Waals surface area contributed by atoms with Gasteiger partial charge in [0, 0.05) is 5.46 Å². The fourth-order valence-electron chi connectivity index (χ4n) is 1.29. The van der Waals surface area contributed by atoms with Crippen LogP contribution in [0.25, 0.3) is 0 Å². The van der Waals surface area contributed by atoms with Crippen molar-refractivity contribution in [3.05, 3.63) is 23.3 Å². The monoisotopic (exact) mass is 180 g/mol. The molecule has 0 unspecified atom stereocenters. The predicted octanol–water partition coefficient (Wildman–Crippen LogP) is -0.00816. The summed E-state index contributed by atoms with van der Waals surface area (Å²) in [5.41, 5.74) is 2.42. The van der Waals surface area contributed by atoms with Crippen molar-refractivity contribution in [3.8, 4) is 5.75 Å². The highest BCUT2D eigenvalue weighted by Crippen LogP contribution is 2.18. The standard InChI is InChI=1S/C9H13BO3/c1-6-4-5-8(10(11)12)9(13-3)7(6)2/h4-5,11-12H,1-3H3. The van der Waals surface area contributed by atoms with Gasteiger partial charge in [-0.15, -0.1) is 0 Å². The van der Waals surface area contributed by atoms with Gasteiger partial charge < -0.3 is 14.8 Å². The zero-order chi connectivity index (χ0) is 10.0. The Morgan fingerprint density at radius 3 is 2.31 bits per heavy atom. The third-order valence-electron chi connectivity index (χ3n) is 2.19. The molecule has 0 aliphatic rings. The van der Waals surface area contributed by atoms with E-state index in [9.17, 15) is 0 Å². The van der Waals surface area contributed by atoms with E-state index in [0.29, 0.717) is 11.2 Å². The Hall–Kier alpha value is -0.995. The van der Waals surface area contributed by atoms with Crippen LogP contribution >= 0.6 is 0 Å². The molecule has 0 spiro atoms. The summed E-state index contributed by atoms with van der Waals surface area (Å²) in [5.74, 6) is 0.551. The van der Waals surface area contributed by atoms with Crippen LogP contribution in [0.1, 0.15) is 11.1 Å². The Labute approximate surface area is 78.1 Å². The first-order valence-electron chi connectivity index (χ1n) is 4.08. The molecule has 0 aliphatic carbocycles. The summed E-state index contributed by atoms with van der Waals surface area (Å²) in [6.07, 6.45) is 0. The minimum absolute atomic E-state index is 0.408. The second-order valence-corrected chi connectivity index (χ2v) is 3.00. The van der Waals surface area contributed by atoms with Crippen molar-refractivity contribution in [2.24, 2.45) is 0 Å². The van der Waals surface area contributed by atoms with Crippen LogP contribution in [-0.4, -0.2) is 24.3 Å². The zero-order valence-electron chi connectivity index (χ0n) is 8.03. The summed E-state index contributed by atoms with van der Waals surface area (Å²) in [6, 6.07) is 3.50. The van der Waals surface area contributed by atoms with Gasteiger partial charge in [-0.1, -0.05) is 12.1 Å². The fraction of sp³-hybridized carbons (Fsp3) is 0.333. The molecule has 4 heteroatoms. The Balaban J connectivity index is 3.30. The Kier molecular flexibility index (Phi) is 2.96. The number of benzene rings is 1. The third kappa shape index (κ3) is 1.84. The zero-order valence-corrected chi connectivity index (χ0v) is 8.03. The van der Waals surface area contributed by atoms with Gasteiger partial charge in [0.2, 0.25) is 0 Å². The SMILES string of the molecule is COc1c(B(O)O)ccc(C)c1C. The molecule has 0 bridgehead atoms. The molecule has 0 saturated heterocycles. The van der Waals surface area contributed by atoms with Crippen LogP contribution in [0.4, 0.5) is 0 Å². The van der Waals surface area contributed by atoms with E-state index in [2.05, 4.69) is 0 Å². The summed E-state index contributed by atoms with van der Waals surface area (Å²) >= 11 is 0. The van der Waals surface area contributed by atoms with Crippen molar-refractivity contribution < 1.29 is 14.8 Å². The molecular weight excluding hydrogens is 167 g/mol. The normalized spacial score (nSPS) is 9.92. The lowest BCUT2D eigenvalue weighted by Gasteiger charge is -2.12. The largest absolute Gasteiger partial charge is 0.497 e. The molecule has 0 atom stereocenters. The van der Waals surface area contributed by atoms with Crippen LogP contribution in [0, 0.1) is 13.8 Å². The van der Waals surface area contributed by atoms with E-state index in [1.807, 2.05) is 19.9 Å². The van der Waals surface area contributed by atoms with Crippen molar-refractivity contribution in [3.63, 3.8) is 0 Å². The fourth-order valence-corrected chi connectivity index (χ4v) is 1.29. The predicted molar refractivity (Wildman–Crippen MR) is 52.3 cm³/mol. The quantitative estimate of drug-likeness (QED) is 0.629. The van der Waals surface area contributed by atoms with Gasteiger partial charge in [-0.25, -0.2) is 0 Å². The summed E-state index contributed by atoms with van der Waals surface area (Å²) in [6.45, 7) is 3.84. The minimum Gasteiger partial charge on any atom is -0.497 e. The highest BCUT2D eigenvalue weighted by Gasteiger charge is 2.18. The van der Waals surface area contributed by atoms with E-state index in [1.54, 1.807) is 6.07 Å². The number of hydrogen-bond donors (Lipinski definition) is 2. The molecule has 0 saturated carbocycles. The first kappa shape index (κ1) is 10.1. The van der Waals surface area contributed by atoms with Gasteiger partial charge in [0.05, 0.1) is 7.11 Å². The van der Waals surface area contributed by atoms with Crippen LogP contribution < -0.4 is 10.2 Å². The molecule has 0 aromatic heterocycles. The highest BCUT2D eigenvalue weighted by atomic mass is 16.5. The first-order valence-corrected chi connectivity index (χ1v) is 4.08. The molecule has 1 rings (SSSR count). The molecule has 13 heavy (non-hydrogen) atoms. The van der Waals surface area contributed by atoms with E-state index in [1.165, 1.54) is 7.11 Å². The number of aryl methyl sites for hydroxylation is 1. The molecule has 0 radical (unpaired) electrons. The lowest BCUT2D eigenvalue weighted by molar-refractivity contribution is 0.401. The summed E-state index contributed by atoms with van der Waals surface area (Å²) < 4.78 is 5.10. The van der Waals surface area contributed by atoms with E-state index < -0.39 is 7.12 Å². The highest BCUT2D eigenvalue weighted by molar-refractivity contribution is 6.59. The van der Waals surface area contributed by atoms with Crippen molar-refractivity contribution in [1.82, 2.24) is 0 Å².